The molecule has 104 valence electrons. The van der Waals surface area contributed by atoms with Crippen LogP contribution in [0, 0.1) is 0 Å². The summed E-state index contributed by atoms with van der Waals surface area (Å²) in [5.74, 6) is 1.57. The minimum Gasteiger partial charge on any atom is -0.466 e. The minimum atomic E-state index is -0.977. The van der Waals surface area contributed by atoms with Gasteiger partial charge in [0.2, 0.25) is 0 Å². The van der Waals surface area contributed by atoms with Crippen LogP contribution in [0.1, 0.15) is 20.3 Å². The SMILES string of the molecule is CC=CCSSC=CCS(=O)CCC(=O)OCC. The molecule has 0 radical (unpaired) electrons. The van der Waals surface area contributed by atoms with Crippen molar-refractivity contribution in [1.82, 2.24) is 0 Å². The second-order valence-electron chi connectivity index (χ2n) is 3.19. The van der Waals surface area contributed by atoms with E-state index in [2.05, 4.69) is 6.08 Å². The van der Waals surface area contributed by atoms with Crippen LogP contribution in [0.25, 0.3) is 0 Å². The van der Waals surface area contributed by atoms with Crippen molar-refractivity contribution in [2.75, 3.05) is 23.9 Å². The van der Waals surface area contributed by atoms with Gasteiger partial charge in [-0.2, -0.15) is 0 Å². The minimum absolute atomic E-state index is 0.234. The van der Waals surface area contributed by atoms with Crippen molar-refractivity contribution in [3.8, 4) is 0 Å². The highest BCUT2D eigenvalue weighted by atomic mass is 33.1. The van der Waals surface area contributed by atoms with E-state index in [1.807, 2.05) is 24.5 Å². The molecular weight excluding hydrogens is 288 g/mol. The summed E-state index contributed by atoms with van der Waals surface area (Å²) >= 11 is 0. The Bertz CT molecular complexity index is 301. The van der Waals surface area contributed by atoms with E-state index >= 15 is 0 Å². The molecule has 0 saturated heterocycles. The second-order valence-corrected chi connectivity index (χ2v) is 7.13. The van der Waals surface area contributed by atoms with Crippen LogP contribution in [0.2, 0.25) is 0 Å². The maximum Gasteiger partial charge on any atom is 0.306 e. The number of rotatable bonds is 10. The first-order valence-corrected chi connectivity index (χ1v) is 9.62. The highest BCUT2D eigenvalue weighted by molar-refractivity contribution is 8.77. The standard InChI is InChI=1S/C12H20O3S3/c1-3-5-8-16-17-9-6-10-18(14)11-7-12(13)15-4-2/h3,5-6,9H,4,7-8,10-11H2,1-2H3. The number of esters is 1. The molecule has 0 aromatic heterocycles. The molecule has 6 heteroatoms. The van der Waals surface area contributed by atoms with E-state index in [-0.39, 0.29) is 12.4 Å². The molecule has 0 aromatic rings. The maximum absolute atomic E-state index is 11.5. The van der Waals surface area contributed by atoms with E-state index in [1.54, 1.807) is 28.5 Å². The zero-order chi connectivity index (χ0) is 13.6. The molecule has 0 bridgehead atoms. The number of carbonyl (C=O) groups excluding carboxylic acids is 1. The van der Waals surface area contributed by atoms with Crippen LogP contribution in [-0.4, -0.2) is 34.0 Å². The summed E-state index contributed by atoms with van der Waals surface area (Å²) in [4.78, 5) is 11.0. The number of ether oxygens (including phenoxy) is 1. The second kappa shape index (κ2) is 13.2. The maximum atomic E-state index is 11.5. The topological polar surface area (TPSA) is 43.4 Å². The third kappa shape index (κ3) is 12.3. The molecule has 0 amide bonds. The van der Waals surface area contributed by atoms with E-state index < -0.39 is 10.8 Å². The fourth-order valence-corrected chi connectivity index (χ4v) is 3.45. The average Bonchev–Trinajstić information content (AvgIpc) is 2.35. The van der Waals surface area contributed by atoms with Gasteiger partial charge in [0.15, 0.2) is 0 Å². The van der Waals surface area contributed by atoms with Crippen LogP contribution in [0.3, 0.4) is 0 Å². The lowest BCUT2D eigenvalue weighted by Gasteiger charge is -2.00. The summed E-state index contributed by atoms with van der Waals surface area (Å²) in [6.45, 7) is 4.14. The molecule has 0 aromatic carbocycles. The number of carbonyl (C=O) groups is 1. The molecule has 0 N–H and O–H groups in total. The lowest BCUT2D eigenvalue weighted by atomic mass is 10.5. The molecule has 0 heterocycles. The van der Waals surface area contributed by atoms with Crippen LogP contribution in [0.5, 0.6) is 0 Å². The van der Waals surface area contributed by atoms with E-state index in [9.17, 15) is 9.00 Å². The summed E-state index contributed by atoms with van der Waals surface area (Å²) in [6, 6.07) is 0. The first-order chi connectivity index (χ1) is 8.70. The van der Waals surface area contributed by atoms with Gasteiger partial charge in [0.05, 0.1) is 13.0 Å². The molecule has 3 nitrogen and oxygen atoms in total. The van der Waals surface area contributed by atoms with Gasteiger partial charge >= 0.3 is 5.97 Å². The van der Waals surface area contributed by atoms with Gasteiger partial charge < -0.3 is 4.74 Å². The van der Waals surface area contributed by atoms with Crippen molar-refractivity contribution in [2.24, 2.45) is 0 Å². The number of allylic oxidation sites excluding steroid dienone is 1. The van der Waals surface area contributed by atoms with Gasteiger partial charge in [0.25, 0.3) is 0 Å². The summed E-state index contributed by atoms with van der Waals surface area (Å²) < 4.78 is 16.3. The van der Waals surface area contributed by atoms with Gasteiger partial charge in [-0.15, -0.1) is 0 Å². The molecule has 0 saturated carbocycles. The zero-order valence-corrected chi connectivity index (χ0v) is 13.2. The lowest BCUT2D eigenvalue weighted by Crippen LogP contribution is -2.10. The summed E-state index contributed by atoms with van der Waals surface area (Å²) in [5, 5.41) is 1.94. The van der Waals surface area contributed by atoms with E-state index in [4.69, 9.17) is 4.74 Å². The monoisotopic (exact) mass is 308 g/mol. The van der Waals surface area contributed by atoms with Crippen LogP contribution in [-0.2, 0) is 20.3 Å². The van der Waals surface area contributed by atoms with E-state index in [1.165, 1.54) is 0 Å². The molecule has 1 atom stereocenters. The Morgan fingerprint density at radius 1 is 1.39 bits per heavy atom. The summed E-state index contributed by atoms with van der Waals surface area (Å²) in [7, 11) is 2.37. The van der Waals surface area contributed by atoms with Crippen molar-refractivity contribution in [3.05, 3.63) is 23.6 Å². The van der Waals surface area contributed by atoms with Crippen molar-refractivity contribution < 1.29 is 13.7 Å². The number of hydrogen-bond acceptors (Lipinski definition) is 5. The van der Waals surface area contributed by atoms with Gasteiger partial charge in [0, 0.05) is 28.1 Å². The Kier molecular flexibility index (Phi) is 13.1. The Hall–Kier alpha value is -0.200. The van der Waals surface area contributed by atoms with Gasteiger partial charge in [0.1, 0.15) is 0 Å². The zero-order valence-electron chi connectivity index (χ0n) is 10.8. The van der Waals surface area contributed by atoms with Crippen molar-refractivity contribution >= 4 is 38.4 Å². The van der Waals surface area contributed by atoms with Crippen LogP contribution >= 0.6 is 21.6 Å². The Morgan fingerprint density at radius 3 is 2.83 bits per heavy atom. The molecule has 0 aliphatic carbocycles. The summed E-state index contributed by atoms with van der Waals surface area (Å²) in [5.41, 5.74) is 0. The average molecular weight is 308 g/mol. The molecule has 0 aliphatic rings. The number of hydrogen-bond donors (Lipinski definition) is 0. The van der Waals surface area contributed by atoms with Gasteiger partial charge in [-0.3, -0.25) is 9.00 Å². The van der Waals surface area contributed by atoms with E-state index in [0.717, 1.165) is 5.75 Å². The van der Waals surface area contributed by atoms with Crippen LogP contribution in [0.4, 0.5) is 0 Å². The third-order valence-corrected chi connectivity index (χ3v) is 4.88. The van der Waals surface area contributed by atoms with Crippen molar-refractivity contribution in [3.63, 3.8) is 0 Å². The fourth-order valence-electron chi connectivity index (χ4n) is 0.914. The summed E-state index contributed by atoms with van der Waals surface area (Å²) in [6.07, 6.45) is 6.22. The largest absolute Gasteiger partial charge is 0.466 e. The molecule has 1 unspecified atom stereocenters. The highest BCUT2D eigenvalue weighted by Crippen LogP contribution is 2.22. The third-order valence-electron chi connectivity index (χ3n) is 1.74. The lowest BCUT2D eigenvalue weighted by molar-refractivity contribution is -0.142. The molecule has 0 spiro atoms. The van der Waals surface area contributed by atoms with E-state index in [0.29, 0.717) is 18.1 Å². The highest BCUT2D eigenvalue weighted by Gasteiger charge is 2.04. The van der Waals surface area contributed by atoms with Crippen LogP contribution in [0.15, 0.2) is 23.6 Å². The molecule has 0 rings (SSSR count). The predicted octanol–water partition coefficient (Wildman–Crippen LogP) is 3.16. The molecule has 0 fully saturated rings. The van der Waals surface area contributed by atoms with Crippen molar-refractivity contribution in [1.29, 1.82) is 0 Å². The molecular formula is C12H20O3S3. The fraction of sp³-hybridized carbons (Fsp3) is 0.583. The smallest absolute Gasteiger partial charge is 0.306 e. The normalized spacial score (nSPS) is 13.2. The Morgan fingerprint density at radius 2 is 2.17 bits per heavy atom. The first kappa shape index (κ1) is 17.8. The predicted molar refractivity (Wildman–Crippen MR) is 83.1 cm³/mol. The Balaban J connectivity index is 3.52. The molecule has 0 aliphatic heterocycles. The van der Waals surface area contributed by atoms with Crippen molar-refractivity contribution in [2.45, 2.75) is 20.3 Å². The van der Waals surface area contributed by atoms with Gasteiger partial charge in [-0.25, -0.2) is 0 Å². The van der Waals surface area contributed by atoms with Gasteiger partial charge in [-0.1, -0.05) is 39.8 Å². The molecule has 18 heavy (non-hydrogen) atoms. The first-order valence-electron chi connectivity index (χ1n) is 5.75. The van der Waals surface area contributed by atoms with Gasteiger partial charge in [-0.05, 0) is 19.3 Å². The van der Waals surface area contributed by atoms with Crippen LogP contribution < -0.4 is 0 Å². The Labute approximate surface area is 120 Å². The quantitative estimate of drug-likeness (QED) is 0.268.